The molecule has 0 aliphatic carbocycles. The molecular formula is C41H50F5N5O6S. The average molecular weight is 836 g/mol. The molecule has 0 saturated carbocycles. The van der Waals surface area contributed by atoms with Crippen LogP contribution in [-0.2, 0) is 30.5 Å². The number of carbonyl (C=O) groups excluding carboxylic acids is 4. The van der Waals surface area contributed by atoms with E-state index in [-0.39, 0.29) is 41.4 Å². The van der Waals surface area contributed by atoms with Gasteiger partial charge in [0.15, 0.2) is 0 Å². The minimum absolute atomic E-state index is 0.0542. The van der Waals surface area contributed by atoms with Crippen molar-refractivity contribution in [2.24, 2.45) is 11.1 Å². The Hall–Kier alpha value is -4.90. The summed E-state index contributed by atoms with van der Waals surface area (Å²) in [6.07, 6.45) is 3.39. The van der Waals surface area contributed by atoms with Crippen molar-refractivity contribution in [3.63, 3.8) is 0 Å². The molecule has 1 aliphatic rings. The fraction of sp³-hybridized carbons (Fsp3) is 0.463. The number of aromatic nitrogens is 2. The van der Waals surface area contributed by atoms with E-state index in [1.54, 1.807) is 18.0 Å². The summed E-state index contributed by atoms with van der Waals surface area (Å²) in [4.78, 5) is 66.4. The summed E-state index contributed by atoms with van der Waals surface area (Å²) >= 11 is 1.54. The van der Waals surface area contributed by atoms with Crippen LogP contribution in [0.1, 0.15) is 83.1 Å². The van der Waals surface area contributed by atoms with E-state index in [4.69, 9.17) is 20.6 Å². The number of imidazole rings is 1. The first kappa shape index (κ1) is 47.5. The van der Waals surface area contributed by atoms with E-state index in [2.05, 4.69) is 0 Å². The largest absolute Gasteiger partial charge is 0.490 e. The fourth-order valence-corrected chi connectivity index (χ4v) is 7.08. The van der Waals surface area contributed by atoms with Gasteiger partial charge in [0, 0.05) is 56.4 Å². The number of halogens is 5. The van der Waals surface area contributed by atoms with Crippen LogP contribution in [-0.4, -0.2) is 91.2 Å². The van der Waals surface area contributed by atoms with Gasteiger partial charge in [-0.2, -0.15) is 24.9 Å². The van der Waals surface area contributed by atoms with Gasteiger partial charge in [0.05, 0.1) is 17.5 Å². The maximum Gasteiger partial charge on any atom is 0.490 e. The van der Waals surface area contributed by atoms with Crippen molar-refractivity contribution in [2.75, 3.05) is 31.1 Å². The van der Waals surface area contributed by atoms with Crippen LogP contribution in [0.5, 0.6) is 0 Å². The van der Waals surface area contributed by atoms with E-state index in [1.807, 2.05) is 60.6 Å². The second-order valence-corrected chi connectivity index (χ2v) is 15.8. The standard InChI is InChI=1S/C39H49F2N5O4S.C2HF3O2/c1-39(2,3)37(38-43-33(31-24-29(40)16-17-32(31)41)26-44(38)25-28-12-6-4-7-13-28)46(22-11-20-42)36(50)27-51-23-9-5-8-14-30(47)15-10-21-45-34(48)18-19-35(45)49;3-2(4,5)1(6)7/h4,6-7,12-13,16-19,24,26,37H,5,8-11,14-15,20-23,25,27,42H2,1-3H3;(H,6,7)/t37-;/m0./s1. The summed E-state index contributed by atoms with van der Waals surface area (Å²) in [5, 5.41) is 7.12. The smallest absolute Gasteiger partial charge is 0.475 e. The number of aliphatic carboxylic acids is 1. The molecule has 0 radical (unpaired) electrons. The SMILES string of the molecule is CC(C)(C)[C@H](c1nc(-c2cc(F)ccc2F)cn1Cc1ccccc1)N(CCCN)C(=O)CSCCCCCC(=O)CCCN1C(=O)C=CC1=O.O=C(O)C(F)(F)F. The molecule has 2 heterocycles. The van der Waals surface area contributed by atoms with E-state index < -0.39 is 35.2 Å². The molecule has 3 N–H and O–H groups in total. The van der Waals surface area contributed by atoms with E-state index in [1.165, 1.54) is 12.2 Å². The summed E-state index contributed by atoms with van der Waals surface area (Å²) in [6, 6.07) is 12.6. The molecule has 0 unspecified atom stereocenters. The molecule has 316 valence electrons. The lowest BCUT2D eigenvalue weighted by Crippen LogP contribution is -2.44. The number of carboxylic acid groups (broad SMARTS) is 1. The molecular weight excluding hydrogens is 786 g/mol. The molecule has 3 amide bonds. The Morgan fingerprint density at radius 2 is 1.55 bits per heavy atom. The van der Waals surface area contributed by atoms with Gasteiger partial charge in [0.1, 0.15) is 23.2 Å². The lowest BCUT2D eigenvalue weighted by molar-refractivity contribution is -0.192. The highest BCUT2D eigenvalue weighted by Crippen LogP contribution is 2.40. The van der Waals surface area contributed by atoms with Gasteiger partial charge in [-0.25, -0.2) is 18.6 Å². The molecule has 17 heteroatoms. The molecule has 1 atom stereocenters. The topological polar surface area (TPSA) is 156 Å². The number of hydrogen-bond acceptors (Lipinski definition) is 8. The third kappa shape index (κ3) is 14.8. The third-order valence-corrected chi connectivity index (χ3v) is 9.99. The average Bonchev–Trinajstić information content (AvgIpc) is 3.70. The van der Waals surface area contributed by atoms with Gasteiger partial charge in [-0.1, -0.05) is 57.5 Å². The number of nitrogens with zero attached hydrogens (tertiary/aromatic N) is 4. The highest BCUT2D eigenvalue weighted by molar-refractivity contribution is 7.99. The Balaban J connectivity index is 0.00000117. The molecule has 0 bridgehead atoms. The Morgan fingerprint density at radius 3 is 2.16 bits per heavy atom. The number of nitrogens with two attached hydrogens (primary N) is 1. The van der Waals surface area contributed by atoms with Crippen LogP contribution < -0.4 is 5.73 Å². The van der Waals surface area contributed by atoms with Crippen molar-refractivity contribution in [1.29, 1.82) is 0 Å². The summed E-state index contributed by atoms with van der Waals surface area (Å²) in [7, 11) is 0. The predicted octanol–water partition coefficient (Wildman–Crippen LogP) is 7.34. The number of ketones is 1. The molecule has 0 fully saturated rings. The van der Waals surface area contributed by atoms with Gasteiger partial charge in [-0.05, 0) is 67.2 Å². The van der Waals surface area contributed by atoms with Crippen molar-refractivity contribution < 1.29 is 51.0 Å². The van der Waals surface area contributed by atoms with Crippen LogP contribution in [0.3, 0.4) is 0 Å². The van der Waals surface area contributed by atoms with Crippen molar-refractivity contribution >= 4 is 41.2 Å². The Morgan fingerprint density at radius 1 is 0.914 bits per heavy atom. The van der Waals surface area contributed by atoms with E-state index >= 15 is 0 Å². The summed E-state index contributed by atoms with van der Waals surface area (Å²) in [5.41, 5.74) is 6.80. The number of thioether (sulfide) groups is 1. The van der Waals surface area contributed by atoms with Gasteiger partial charge >= 0.3 is 12.1 Å². The second kappa shape index (κ2) is 22.3. The number of imide groups is 1. The first-order valence-corrected chi connectivity index (χ1v) is 20.0. The van der Waals surface area contributed by atoms with Gasteiger partial charge < -0.3 is 20.3 Å². The number of carboxylic acids is 1. The highest BCUT2D eigenvalue weighted by atomic mass is 32.2. The van der Waals surface area contributed by atoms with Gasteiger partial charge in [0.2, 0.25) is 5.91 Å². The zero-order valence-corrected chi connectivity index (χ0v) is 33.6. The van der Waals surface area contributed by atoms with Gasteiger partial charge in [-0.3, -0.25) is 24.1 Å². The number of rotatable bonds is 20. The zero-order chi connectivity index (χ0) is 43.0. The fourth-order valence-electron chi connectivity index (χ4n) is 6.19. The van der Waals surface area contributed by atoms with Crippen molar-refractivity contribution in [3.05, 3.63) is 89.9 Å². The highest BCUT2D eigenvalue weighted by Gasteiger charge is 2.39. The summed E-state index contributed by atoms with van der Waals surface area (Å²) in [5.74, 6) is -2.92. The molecule has 11 nitrogen and oxygen atoms in total. The summed E-state index contributed by atoms with van der Waals surface area (Å²) in [6.45, 7) is 7.62. The van der Waals surface area contributed by atoms with Crippen molar-refractivity contribution in [2.45, 2.75) is 84.5 Å². The van der Waals surface area contributed by atoms with Crippen LogP contribution in [0.15, 0.2) is 66.9 Å². The minimum Gasteiger partial charge on any atom is -0.475 e. The Labute approximate surface area is 338 Å². The van der Waals surface area contributed by atoms with E-state index in [0.29, 0.717) is 56.8 Å². The van der Waals surface area contributed by atoms with Crippen LogP contribution >= 0.6 is 11.8 Å². The molecule has 2 aromatic carbocycles. The Bertz CT molecular complexity index is 1880. The number of unbranched alkanes of at least 4 members (excludes halogenated alkanes) is 2. The molecule has 58 heavy (non-hydrogen) atoms. The number of benzene rings is 2. The Kier molecular flexibility index (Phi) is 18.3. The lowest BCUT2D eigenvalue weighted by atomic mass is 9.84. The van der Waals surface area contributed by atoms with Crippen molar-refractivity contribution in [1.82, 2.24) is 19.4 Å². The number of amides is 3. The van der Waals surface area contributed by atoms with Crippen LogP contribution in [0.2, 0.25) is 0 Å². The normalized spacial score (nSPS) is 13.4. The van der Waals surface area contributed by atoms with Crippen molar-refractivity contribution in [3.8, 4) is 11.3 Å². The van der Waals surface area contributed by atoms with E-state index in [0.717, 1.165) is 53.7 Å². The number of alkyl halides is 3. The lowest BCUT2D eigenvalue weighted by Gasteiger charge is -2.40. The molecule has 0 saturated heterocycles. The van der Waals surface area contributed by atoms with Crippen LogP contribution in [0.4, 0.5) is 22.0 Å². The van der Waals surface area contributed by atoms with Gasteiger partial charge in [-0.15, -0.1) is 0 Å². The number of Topliss-reactive ketones (excluding diaryl/α,β-unsaturated/α-hetero) is 1. The first-order valence-electron chi connectivity index (χ1n) is 18.8. The van der Waals surface area contributed by atoms with Gasteiger partial charge in [0.25, 0.3) is 11.8 Å². The monoisotopic (exact) mass is 835 g/mol. The molecule has 4 rings (SSSR count). The molecule has 1 aromatic heterocycles. The predicted molar refractivity (Wildman–Crippen MR) is 210 cm³/mol. The number of carbonyl (C=O) groups is 5. The van der Waals surface area contributed by atoms with Crippen LogP contribution in [0.25, 0.3) is 11.3 Å². The van der Waals surface area contributed by atoms with E-state index in [9.17, 15) is 41.1 Å². The second-order valence-electron chi connectivity index (χ2n) is 14.7. The molecule has 1 aliphatic heterocycles. The summed E-state index contributed by atoms with van der Waals surface area (Å²) < 4.78 is 62.9. The zero-order valence-electron chi connectivity index (χ0n) is 32.8. The maximum absolute atomic E-state index is 15.0. The van der Waals surface area contributed by atoms with Crippen LogP contribution in [0, 0.1) is 17.0 Å². The first-order chi connectivity index (χ1) is 27.3. The quantitative estimate of drug-likeness (QED) is 0.0676. The molecule has 0 spiro atoms. The third-order valence-electron chi connectivity index (χ3n) is 8.96. The minimum atomic E-state index is -5.08. The number of hydrogen-bond donors (Lipinski definition) is 2. The maximum atomic E-state index is 15.0. The molecule has 3 aromatic rings.